The summed E-state index contributed by atoms with van der Waals surface area (Å²) in [4.78, 5) is 21.4. The van der Waals surface area contributed by atoms with Gasteiger partial charge in [-0.1, -0.05) is 90.9 Å². The van der Waals surface area contributed by atoms with E-state index in [2.05, 4.69) is 18.4 Å². The molecule has 24 heavy (non-hydrogen) atoms. The predicted octanol–water partition coefficient (Wildman–Crippen LogP) is 4.57. The van der Waals surface area contributed by atoms with E-state index in [1.54, 1.807) is 0 Å². The summed E-state index contributed by atoms with van der Waals surface area (Å²) in [6, 6.07) is 0. The molecule has 0 unspecified atom stereocenters. The van der Waals surface area contributed by atoms with Gasteiger partial charge < -0.3 is 18.9 Å². The Hall–Kier alpha value is 0.876. The fraction of sp³-hybridized carbons (Fsp3) is 1.00. The molecule has 0 aliphatic carbocycles. The molecule has 140 valence electrons. The minimum absolute atomic E-state index is 0. The zero-order chi connectivity index (χ0) is 17.4. The molecule has 0 aromatic rings. The Kier molecular flexibility index (Phi) is 21.1. The van der Waals surface area contributed by atoms with Crippen molar-refractivity contribution in [3.05, 3.63) is 0 Å². The molecule has 0 heterocycles. The second-order valence-electron chi connectivity index (χ2n) is 6.72. The van der Waals surface area contributed by atoms with Crippen LogP contribution >= 0.6 is 7.82 Å². The minimum Gasteiger partial charge on any atom is -0.790 e. The van der Waals surface area contributed by atoms with Crippen molar-refractivity contribution in [2.75, 3.05) is 6.61 Å². The molecule has 0 aliphatic heterocycles. The zero-order valence-corrected chi connectivity index (χ0v) is 18.3. The third kappa shape index (κ3) is 20.9. The van der Waals surface area contributed by atoms with Crippen LogP contribution in [0.4, 0.5) is 0 Å². The Morgan fingerprint density at radius 1 is 0.750 bits per heavy atom. The van der Waals surface area contributed by atoms with Crippen molar-refractivity contribution < 1.29 is 18.9 Å². The van der Waals surface area contributed by atoms with Crippen LogP contribution in [0.3, 0.4) is 0 Å². The van der Waals surface area contributed by atoms with Gasteiger partial charge in [0.15, 0.2) is 0 Å². The van der Waals surface area contributed by atoms with Gasteiger partial charge in [0.1, 0.15) is 0 Å². The van der Waals surface area contributed by atoms with E-state index in [1.165, 1.54) is 64.2 Å². The Balaban J connectivity index is 0. The van der Waals surface area contributed by atoms with E-state index in [0.29, 0.717) is 0 Å². The molecule has 0 aromatic carbocycles. The second-order valence-corrected chi connectivity index (χ2v) is 7.87. The molecule has 0 aliphatic rings. The third-order valence-electron chi connectivity index (χ3n) is 4.40. The first-order valence-electron chi connectivity index (χ1n) is 9.66. The van der Waals surface area contributed by atoms with E-state index < -0.39 is 7.82 Å². The fourth-order valence-electron chi connectivity index (χ4n) is 2.93. The molecular formula is C18H37MgO4P. The van der Waals surface area contributed by atoms with Gasteiger partial charge in [-0.25, -0.2) is 0 Å². The van der Waals surface area contributed by atoms with Crippen LogP contribution in [-0.4, -0.2) is 29.7 Å². The number of unbranched alkanes of at least 4 members (excludes halogenated alkanes) is 10. The topological polar surface area (TPSA) is 72.4 Å². The summed E-state index contributed by atoms with van der Waals surface area (Å²) >= 11 is 0. The maximum Gasteiger partial charge on any atom is 2.00 e. The summed E-state index contributed by atoms with van der Waals surface area (Å²) in [5, 5.41) is 0. The van der Waals surface area contributed by atoms with Crippen molar-refractivity contribution in [1.82, 2.24) is 0 Å². The van der Waals surface area contributed by atoms with Crippen molar-refractivity contribution in [1.29, 1.82) is 0 Å². The van der Waals surface area contributed by atoms with Crippen LogP contribution in [0.5, 0.6) is 0 Å². The Bertz CT molecular complexity index is 281. The first-order valence-corrected chi connectivity index (χ1v) is 11.1. The molecule has 6 heteroatoms. The normalized spacial score (nSPS) is 11.7. The standard InChI is InChI=1S/C18H39O4P.Mg/c1-3-5-7-9-11-13-15-18(17-22-23(19,20)21)16-14-12-10-8-6-4-2;/h18H,3-17H2,1-2H3,(H2,19,20,21);/q;+2/p-2. The van der Waals surface area contributed by atoms with Crippen molar-refractivity contribution in [2.45, 2.75) is 104 Å². The quantitative estimate of drug-likeness (QED) is 0.213. The van der Waals surface area contributed by atoms with Gasteiger partial charge in [-0.05, 0) is 18.8 Å². The van der Waals surface area contributed by atoms with E-state index in [1.807, 2.05) is 0 Å². The van der Waals surface area contributed by atoms with Crippen molar-refractivity contribution in [3.8, 4) is 0 Å². The third-order valence-corrected chi connectivity index (χ3v) is 4.87. The van der Waals surface area contributed by atoms with Gasteiger partial charge in [0.2, 0.25) is 0 Å². The fourth-order valence-corrected chi connectivity index (χ4v) is 3.33. The van der Waals surface area contributed by atoms with Crippen LogP contribution in [0, 0.1) is 5.92 Å². The average Bonchev–Trinajstić information content (AvgIpc) is 2.49. The molecule has 0 aromatic heterocycles. The minimum atomic E-state index is -4.83. The number of phosphoric ester groups is 1. The molecule has 0 bridgehead atoms. The van der Waals surface area contributed by atoms with Crippen LogP contribution in [0.15, 0.2) is 0 Å². The van der Waals surface area contributed by atoms with Crippen LogP contribution in [-0.2, 0) is 9.09 Å². The van der Waals surface area contributed by atoms with Gasteiger partial charge in [0.25, 0.3) is 0 Å². The molecular weight excluding hydrogens is 335 g/mol. The molecule has 0 saturated carbocycles. The van der Waals surface area contributed by atoms with E-state index in [-0.39, 0.29) is 35.6 Å². The van der Waals surface area contributed by atoms with E-state index in [4.69, 9.17) is 0 Å². The number of hydrogen-bond acceptors (Lipinski definition) is 4. The van der Waals surface area contributed by atoms with Gasteiger partial charge in [-0.15, -0.1) is 0 Å². The van der Waals surface area contributed by atoms with E-state index >= 15 is 0 Å². The molecule has 0 atom stereocenters. The molecule has 0 radical (unpaired) electrons. The maximum atomic E-state index is 10.7. The van der Waals surface area contributed by atoms with Crippen LogP contribution in [0.2, 0.25) is 0 Å². The number of phosphoric acid groups is 1. The van der Waals surface area contributed by atoms with Gasteiger partial charge in [-0.3, -0.25) is 0 Å². The van der Waals surface area contributed by atoms with Crippen LogP contribution in [0.1, 0.15) is 104 Å². The smallest absolute Gasteiger partial charge is 0.790 e. The zero-order valence-electron chi connectivity index (χ0n) is 16.0. The monoisotopic (exact) mass is 372 g/mol. The summed E-state index contributed by atoms with van der Waals surface area (Å²) in [6.07, 6.45) is 16.7. The molecule has 4 nitrogen and oxygen atoms in total. The van der Waals surface area contributed by atoms with Crippen LogP contribution in [0.25, 0.3) is 0 Å². The van der Waals surface area contributed by atoms with Crippen molar-refractivity contribution >= 4 is 30.9 Å². The summed E-state index contributed by atoms with van der Waals surface area (Å²) in [7, 11) is -4.83. The van der Waals surface area contributed by atoms with Crippen molar-refractivity contribution in [3.63, 3.8) is 0 Å². The largest absolute Gasteiger partial charge is 2.00 e. The van der Waals surface area contributed by atoms with Gasteiger partial charge in [0, 0.05) is 0 Å². The van der Waals surface area contributed by atoms with Crippen molar-refractivity contribution in [2.24, 2.45) is 5.92 Å². The predicted molar refractivity (Wildman–Crippen MR) is 98.8 cm³/mol. The molecule has 0 rings (SSSR count). The second kappa shape index (κ2) is 18.7. The average molecular weight is 373 g/mol. The summed E-state index contributed by atoms with van der Waals surface area (Å²) in [5.74, 6) is 0.212. The number of hydrogen-bond donors (Lipinski definition) is 0. The Labute approximate surface area is 165 Å². The first kappa shape index (κ1) is 27.1. The summed E-state index contributed by atoms with van der Waals surface area (Å²) in [5.41, 5.74) is 0. The SMILES string of the molecule is CCCCCCCCC(CCCCCCCC)COP(=O)([O-])[O-].[Mg+2]. The molecule has 0 spiro atoms. The number of rotatable bonds is 17. The van der Waals surface area contributed by atoms with E-state index in [9.17, 15) is 14.4 Å². The molecule has 0 saturated heterocycles. The molecule has 0 N–H and O–H groups in total. The van der Waals surface area contributed by atoms with Crippen LogP contribution < -0.4 is 9.79 Å². The summed E-state index contributed by atoms with van der Waals surface area (Å²) < 4.78 is 15.2. The molecule has 0 amide bonds. The van der Waals surface area contributed by atoms with Gasteiger partial charge in [0.05, 0.1) is 14.4 Å². The Morgan fingerprint density at radius 2 is 1.12 bits per heavy atom. The first-order chi connectivity index (χ1) is 11.0. The summed E-state index contributed by atoms with van der Waals surface area (Å²) in [6.45, 7) is 4.49. The van der Waals surface area contributed by atoms with Gasteiger partial charge in [-0.2, -0.15) is 0 Å². The van der Waals surface area contributed by atoms with Gasteiger partial charge >= 0.3 is 23.1 Å². The maximum absolute atomic E-state index is 10.7. The Morgan fingerprint density at radius 3 is 1.50 bits per heavy atom. The van der Waals surface area contributed by atoms with E-state index in [0.717, 1.165) is 25.7 Å². The molecule has 0 fully saturated rings.